The molecule has 1 unspecified atom stereocenters. The maximum atomic E-state index is 13.6. The maximum absolute atomic E-state index is 13.6. The summed E-state index contributed by atoms with van der Waals surface area (Å²) in [6.45, 7) is 0. The van der Waals surface area contributed by atoms with E-state index in [1.54, 1.807) is 23.9 Å². The summed E-state index contributed by atoms with van der Waals surface area (Å²) in [5.41, 5.74) is 0.403. The largest absolute Gasteiger partial charge is 0.336 e. The van der Waals surface area contributed by atoms with E-state index in [1.165, 1.54) is 36.5 Å². The van der Waals surface area contributed by atoms with Crippen LogP contribution in [-0.4, -0.2) is 18.0 Å². The number of hydrogen-bond acceptors (Lipinski definition) is 3. The number of nitrogens with zero attached hydrogens (tertiary/aromatic N) is 2. The van der Waals surface area contributed by atoms with Crippen LogP contribution in [-0.2, 0) is 17.1 Å². The van der Waals surface area contributed by atoms with Crippen LogP contribution in [0.15, 0.2) is 65.8 Å². The molecule has 0 saturated heterocycles. The van der Waals surface area contributed by atoms with Gasteiger partial charge in [-0.25, -0.2) is 22.2 Å². The molecule has 0 aliphatic rings. The van der Waals surface area contributed by atoms with E-state index in [9.17, 15) is 17.2 Å². The molecule has 1 aromatic heterocycles. The number of sulfonamides is 1. The van der Waals surface area contributed by atoms with E-state index in [0.717, 1.165) is 12.1 Å². The second kappa shape index (κ2) is 6.73. The summed E-state index contributed by atoms with van der Waals surface area (Å²) in [5.74, 6) is -0.626. The topological polar surface area (TPSA) is 64.0 Å². The molecular weight excluding hydrogens is 348 g/mol. The van der Waals surface area contributed by atoms with Gasteiger partial charge in [0.05, 0.1) is 4.90 Å². The number of benzene rings is 2. The molecule has 130 valence electrons. The van der Waals surface area contributed by atoms with E-state index in [2.05, 4.69) is 9.71 Å². The van der Waals surface area contributed by atoms with Crippen molar-refractivity contribution in [2.45, 2.75) is 10.9 Å². The van der Waals surface area contributed by atoms with Gasteiger partial charge in [-0.2, -0.15) is 4.72 Å². The molecule has 3 aromatic rings. The van der Waals surface area contributed by atoms with Crippen molar-refractivity contribution in [3.63, 3.8) is 0 Å². The van der Waals surface area contributed by atoms with Gasteiger partial charge in [0.1, 0.15) is 23.5 Å². The van der Waals surface area contributed by atoms with Gasteiger partial charge in [0.15, 0.2) is 0 Å². The van der Waals surface area contributed by atoms with Crippen molar-refractivity contribution in [3.05, 3.63) is 83.9 Å². The van der Waals surface area contributed by atoms with Crippen LogP contribution in [0.1, 0.15) is 17.4 Å². The van der Waals surface area contributed by atoms with Gasteiger partial charge in [0.2, 0.25) is 10.0 Å². The molecule has 8 heteroatoms. The first kappa shape index (κ1) is 17.2. The molecular formula is C17H15F2N3O2S. The number of imidazole rings is 1. The van der Waals surface area contributed by atoms with Gasteiger partial charge in [-0.05, 0) is 42.0 Å². The molecule has 25 heavy (non-hydrogen) atoms. The molecule has 0 amide bonds. The molecule has 0 fully saturated rings. The number of aromatic nitrogens is 2. The van der Waals surface area contributed by atoms with E-state index < -0.39 is 27.7 Å². The molecule has 1 heterocycles. The van der Waals surface area contributed by atoms with E-state index in [-0.39, 0.29) is 4.90 Å². The van der Waals surface area contributed by atoms with Gasteiger partial charge in [0.25, 0.3) is 0 Å². The maximum Gasteiger partial charge on any atom is 0.241 e. The fourth-order valence-electron chi connectivity index (χ4n) is 2.45. The highest BCUT2D eigenvalue weighted by Crippen LogP contribution is 2.24. The van der Waals surface area contributed by atoms with E-state index in [1.807, 2.05) is 0 Å². The molecule has 0 saturated carbocycles. The highest BCUT2D eigenvalue weighted by atomic mass is 32.2. The van der Waals surface area contributed by atoms with Crippen LogP contribution >= 0.6 is 0 Å². The normalized spacial score (nSPS) is 12.9. The average molecular weight is 363 g/mol. The summed E-state index contributed by atoms with van der Waals surface area (Å²) < 4.78 is 56.1. The summed E-state index contributed by atoms with van der Waals surface area (Å²) in [6, 6.07) is 9.17. The van der Waals surface area contributed by atoms with Crippen molar-refractivity contribution >= 4 is 10.0 Å². The highest BCUT2D eigenvalue weighted by molar-refractivity contribution is 7.89. The standard InChI is InChI=1S/C17H15F2N3O2S/c1-22-10-9-20-17(22)16(12-3-2-4-14(19)11-12)21-25(23,24)15-7-5-13(18)6-8-15/h2-11,16,21H,1H3. The van der Waals surface area contributed by atoms with Crippen LogP contribution in [0, 0.1) is 11.6 Å². The Bertz CT molecular complexity index is 985. The zero-order chi connectivity index (χ0) is 18.0. The third-order valence-electron chi connectivity index (χ3n) is 3.70. The third kappa shape index (κ3) is 3.75. The molecule has 0 spiro atoms. The smallest absolute Gasteiger partial charge is 0.241 e. The fourth-order valence-corrected chi connectivity index (χ4v) is 3.63. The summed E-state index contributed by atoms with van der Waals surface area (Å²) in [6.07, 6.45) is 3.18. The van der Waals surface area contributed by atoms with E-state index in [0.29, 0.717) is 11.4 Å². The number of aryl methyl sites for hydroxylation is 1. The first-order chi connectivity index (χ1) is 11.9. The van der Waals surface area contributed by atoms with Gasteiger partial charge in [-0.15, -0.1) is 0 Å². The zero-order valence-electron chi connectivity index (χ0n) is 13.2. The van der Waals surface area contributed by atoms with Gasteiger partial charge in [-0.3, -0.25) is 0 Å². The molecule has 1 atom stereocenters. The molecule has 0 radical (unpaired) electrons. The lowest BCUT2D eigenvalue weighted by Crippen LogP contribution is -2.31. The van der Waals surface area contributed by atoms with E-state index >= 15 is 0 Å². The van der Waals surface area contributed by atoms with Crippen molar-refractivity contribution in [3.8, 4) is 0 Å². The fraction of sp³-hybridized carbons (Fsp3) is 0.118. The molecule has 0 aliphatic heterocycles. The second-order valence-corrected chi connectivity index (χ2v) is 7.17. The number of hydrogen-bond donors (Lipinski definition) is 1. The Balaban J connectivity index is 2.03. The number of halogens is 2. The van der Waals surface area contributed by atoms with Crippen LogP contribution in [0.4, 0.5) is 8.78 Å². The number of nitrogens with one attached hydrogen (secondary N) is 1. The van der Waals surface area contributed by atoms with Crippen LogP contribution in [0.2, 0.25) is 0 Å². The minimum Gasteiger partial charge on any atom is -0.336 e. The predicted molar refractivity (Wildman–Crippen MR) is 88.2 cm³/mol. The predicted octanol–water partition coefficient (Wildman–Crippen LogP) is 2.77. The lowest BCUT2D eigenvalue weighted by Gasteiger charge is -2.19. The Morgan fingerprint density at radius 1 is 1.08 bits per heavy atom. The molecule has 0 aliphatic carbocycles. The van der Waals surface area contributed by atoms with Gasteiger partial charge in [-0.1, -0.05) is 12.1 Å². The Kier molecular flexibility index (Phi) is 4.65. The summed E-state index contributed by atoms with van der Waals surface area (Å²) in [7, 11) is -2.26. The molecule has 3 rings (SSSR count). The van der Waals surface area contributed by atoms with Crippen molar-refractivity contribution in [1.29, 1.82) is 0 Å². The molecule has 2 aromatic carbocycles. The minimum atomic E-state index is -3.97. The Labute approximate surface area is 144 Å². The van der Waals surface area contributed by atoms with Crippen LogP contribution in [0.25, 0.3) is 0 Å². The summed E-state index contributed by atoms with van der Waals surface area (Å²) in [4.78, 5) is 4.07. The molecule has 1 N–H and O–H groups in total. The van der Waals surface area contributed by atoms with Crippen molar-refractivity contribution in [2.75, 3.05) is 0 Å². The minimum absolute atomic E-state index is 0.0930. The third-order valence-corrected chi connectivity index (χ3v) is 5.13. The van der Waals surface area contributed by atoms with Crippen molar-refractivity contribution in [1.82, 2.24) is 14.3 Å². The summed E-state index contributed by atoms with van der Waals surface area (Å²) in [5, 5.41) is 0. The van der Waals surface area contributed by atoms with Gasteiger partial charge in [0, 0.05) is 19.4 Å². The van der Waals surface area contributed by atoms with Crippen LogP contribution in [0.5, 0.6) is 0 Å². The monoisotopic (exact) mass is 363 g/mol. The van der Waals surface area contributed by atoms with Crippen molar-refractivity contribution in [2.24, 2.45) is 7.05 Å². The SMILES string of the molecule is Cn1ccnc1C(NS(=O)(=O)c1ccc(F)cc1)c1cccc(F)c1. The second-order valence-electron chi connectivity index (χ2n) is 5.46. The quantitative estimate of drug-likeness (QED) is 0.758. The average Bonchev–Trinajstić information content (AvgIpc) is 2.99. The summed E-state index contributed by atoms with van der Waals surface area (Å²) >= 11 is 0. The van der Waals surface area contributed by atoms with E-state index in [4.69, 9.17) is 0 Å². The lowest BCUT2D eigenvalue weighted by atomic mass is 10.1. The van der Waals surface area contributed by atoms with Gasteiger partial charge >= 0.3 is 0 Å². The molecule has 5 nitrogen and oxygen atoms in total. The Morgan fingerprint density at radius 3 is 2.40 bits per heavy atom. The Morgan fingerprint density at radius 2 is 1.80 bits per heavy atom. The Hall–Kier alpha value is -2.58. The zero-order valence-corrected chi connectivity index (χ0v) is 14.0. The first-order valence-corrected chi connectivity index (χ1v) is 8.86. The molecule has 0 bridgehead atoms. The van der Waals surface area contributed by atoms with Gasteiger partial charge < -0.3 is 4.57 Å². The first-order valence-electron chi connectivity index (χ1n) is 7.37. The lowest BCUT2D eigenvalue weighted by molar-refractivity contribution is 0.559. The van der Waals surface area contributed by atoms with Crippen LogP contribution in [0.3, 0.4) is 0 Å². The van der Waals surface area contributed by atoms with Crippen molar-refractivity contribution < 1.29 is 17.2 Å². The highest BCUT2D eigenvalue weighted by Gasteiger charge is 2.26. The number of rotatable bonds is 5. The van der Waals surface area contributed by atoms with Crippen LogP contribution < -0.4 is 4.72 Å².